The lowest BCUT2D eigenvalue weighted by Crippen LogP contribution is -1.98. The van der Waals surface area contributed by atoms with Crippen LogP contribution in [-0.2, 0) is 14.1 Å². The van der Waals surface area contributed by atoms with Crippen molar-refractivity contribution in [2.75, 3.05) is 10.6 Å². The molecule has 9 heteroatoms. The first-order valence-corrected chi connectivity index (χ1v) is 8.15. The summed E-state index contributed by atoms with van der Waals surface area (Å²) < 4.78 is 3.44. The normalized spacial score (nSPS) is 11.1. The molecule has 0 atom stereocenters. The van der Waals surface area contributed by atoms with E-state index in [1.807, 2.05) is 46.4 Å². The summed E-state index contributed by atoms with van der Waals surface area (Å²) in [6.45, 7) is 3.97. The molecule has 26 heavy (non-hydrogen) atoms. The second-order valence-corrected chi connectivity index (χ2v) is 6.20. The Kier molecular flexibility index (Phi) is 3.76. The number of fused-ring (bicyclic) bond motifs is 1. The lowest BCUT2D eigenvalue weighted by molar-refractivity contribution is 0.768. The van der Waals surface area contributed by atoms with E-state index in [4.69, 9.17) is 0 Å². The van der Waals surface area contributed by atoms with Crippen LogP contribution in [0.4, 0.5) is 23.1 Å². The summed E-state index contributed by atoms with van der Waals surface area (Å²) in [7, 11) is 3.71. The first-order valence-electron chi connectivity index (χ1n) is 8.15. The molecular weight excluding hydrogens is 330 g/mol. The minimum absolute atomic E-state index is 0.494. The van der Waals surface area contributed by atoms with Gasteiger partial charge in [-0.3, -0.25) is 9.67 Å². The zero-order valence-electron chi connectivity index (χ0n) is 15.0. The molecule has 0 aromatic carbocycles. The van der Waals surface area contributed by atoms with E-state index in [-0.39, 0.29) is 0 Å². The molecule has 4 rings (SSSR count). The molecule has 0 radical (unpaired) electrons. The van der Waals surface area contributed by atoms with Gasteiger partial charge >= 0.3 is 0 Å². The fourth-order valence-electron chi connectivity index (χ4n) is 2.70. The van der Waals surface area contributed by atoms with Crippen molar-refractivity contribution in [2.45, 2.75) is 13.8 Å². The second-order valence-electron chi connectivity index (χ2n) is 6.20. The van der Waals surface area contributed by atoms with Gasteiger partial charge in [-0.15, -0.1) is 0 Å². The van der Waals surface area contributed by atoms with Gasteiger partial charge in [0.05, 0.1) is 28.7 Å². The van der Waals surface area contributed by atoms with Gasteiger partial charge in [0.25, 0.3) is 0 Å². The van der Waals surface area contributed by atoms with Gasteiger partial charge in [0.15, 0.2) is 11.5 Å². The number of pyridine rings is 1. The number of aryl methyl sites for hydroxylation is 4. The number of hydrogen-bond acceptors (Lipinski definition) is 7. The number of aromatic nitrogens is 7. The Hall–Kier alpha value is -3.49. The van der Waals surface area contributed by atoms with E-state index < -0.39 is 0 Å². The molecule has 0 aliphatic carbocycles. The monoisotopic (exact) mass is 349 g/mol. The first-order chi connectivity index (χ1) is 12.5. The van der Waals surface area contributed by atoms with Crippen molar-refractivity contribution >= 4 is 34.2 Å². The number of nitrogens with zero attached hydrogens (tertiary/aromatic N) is 7. The average molecular weight is 349 g/mol. The molecule has 0 saturated heterocycles. The predicted molar refractivity (Wildman–Crippen MR) is 99.8 cm³/mol. The van der Waals surface area contributed by atoms with Gasteiger partial charge in [-0.1, -0.05) is 0 Å². The summed E-state index contributed by atoms with van der Waals surface area (Å²) in [5.41, 5.74) is 4.46. The van der Waals surface area contributed by atoms with Crippen molar-refractivity contribution in [3.63, 3.8) is 0 Å². The Balaban J connectivity index is 1.68. The van der Waals surface area contributed by atoms with Crippen LogP contribution in [0.1, 0.15) is 11.3 Å². The molecule has 4 aromatic heterocycles. The van der Waals surface area contributed by atoms with Gasteiger partial charge in [-0.2, -0.15) is 15.2 Å². The molecule has 0 fully saturated rings. The van der Waals surface area contributed by atoms with Gasteiger partial charge in [-0.05, 0) is 25.5 Å². The highest BCUT2D eigenvalue weighted by atomic mass is 15.3. The standard InChI is InChI=1S/C17H19N9/c1-10-5-14(11(2)18-6-10)22-15-13-8-19-17(23-16(13)26(4)24-15)21-12-7-20-25(3)9-12/h5-9H,1-4H3,(H,22,24)(H,19,21,23). The zero-order chi connectivity index (χ0) is 18.3. The van der Waals surface area contributed by atoms with Gasteiger partial charge in [-0.25, -0.2) is 9.67 Å². The Bertz CT molecular complexity index is 1090. The summed E-state index contributed by atoms with van der Waals surface area (Å²) in [5.74, 6) is 1.19. The third-order valence-corrected chi connectivity index (χ3v) is 4.02. The highest BCUT2D eigenvalue weighted by Crippen LogP contribution is 2.26. The molecule has 0 bridgehead atoms. The first kappa shape index (κ1) is 16.0. The van der Waals surface area contributed by atoms with Crippen LogP contribution in [0.2, 0.25) is 0 Å². The Morgan fingerprint density at radius 1 is 1.00 bits per heavy atom. The minimum Gasteiger partial charge on any atom is -0.337 e. The Morgan fingerprint density at radius 2 is 1.85 bits per heavy atom. The van der Waals surface area contributed by atoms with Crippen LogP contribution in [-0.4, -0.2) is 34.5 Å². The molecule has 4 aromatic rings. The molecular formula is C17H19N9. The SMILES string of the molecule is Cc1cnc(C)c(Nc2nn(C)c3nc(Nc4cnn(C)c4)ncc23)c1. The second kappa shape index (κ2) is 6.10. The maximum atomic E-state index is 4.57. The lowest BCUT2D eigenvalue weighted by atomic mass is 10.2. The van der Waals surface area contributed by atoms with Crippen LogP contribution in [0.5, 0.6) is 0 Å². The summed E-state index contributed by atoms with van der Waals surface area (Å²) in [5, 5.41) is 16.0. The Labute approximate surface area is 150 Å². The molecule has 0 unspecified atom stereocenters. The van der Waals surface area contributed by atoms with Crippen molar-refractivity contribution in [3.05, 3.63) is 42.1 Å². The van der Waals surface area contributed by atoms with Crippen molar-refractivity contribution in [3.8, 4) is 0 Å². The van der Waals surface area contributed by atoms with Crippen molar-refractivity contribution in [2.24, 2.45) is 14.1 Å². The van der Waals surface area contributed by atoms with Crippen LogP contribution in [0.3, 0.4) is 0 Å². The van der Waals surface area contributed by atoms with Gasteiger partial charge in [0.2, 0.25) is 5.95 Å². The molecule has 0 aliphatic rings. The molecule has 0 amide bonds. The molecule has 132 valence electrons. The van der Waals surface area contributed by atoms with E-state index in [1.54, 1.807) is 21.8 Å². The van der Waals surface area contributed by atoms with E-state index in [0.717, 1.165) is 33.7 Å². The minimum atomic E-state index is 0.494. The van der Waals surface area contributed by atoms with Crippen LogP contribution in [0.25, 0.3) is 11.0 Å². The fraction of sp³-hybridized carbons (Fsp3) is 0.235. The maximum Gasteiger partial charge on any atom is 0.229 e. The fourth-order valence-corrected chi connectivity index (χ4v) is 2.70. The van der Waals surface area contributed by atoms with Crippen LogP contribution in [0, 0.1) is 13.8 Å². The topological polar surface area (TPSA) is 98.4 Å². The highest BCUT2D eigenvalue weighted by Gasteiger charge is 2.13. The maximum absolute atomic E-state index is 4.57. The number of anilines is 4. The van der Waals surface area contributed by atoms with E-state index in [1.165, 1.54) is 0 Å². The smallest absolute Gasteiger partial charge is 0.229 e. The predicted octanol–water partition coefficient (Wildman–Crippen LogP) is 2.60. The van der Waals surface area contributed by atoms with E-state index in [2.05, 4.69) is 35.8 Å². The molecule has 4 heterocycles. The zero-order valence-corrected chi connectivity index (χ0v) is 15.0. The summed E-state index contributed by atoms with van der Waals surface area (Å²) in [6, 6.07) is 2.04. The third-order valence-electron chi connectivity index (χ3n) is 4.02. The summed E-state index contributed by atoms with van der Waals surface area (Å²) in [4.78, 5) is 13.3. The molecule has 9 nitrogen and oxygen atoms in total. The van der Waals surface area contributed by atoms with Crippen LogP contribution in [0.15, 0.2) is 30.9 Å². The van der Waals surface area contributed by atoms with Crippen molar-refractivity contribution in [1.82, 2.24) is 34.5 Å². The largest absolute Gasteiger partial charge is 0.337 e. The molecule has 2 N–H and O–H groups in total. The lowest BCUT2D eigenvalue weighted by Gasteiger charge is -2.07. The Morgan fingerprint density at radius 3 is 2.62 bits per heavy atom. The van der Waals surface area contributed by atoms with E-state index >= 15 is 0 Å². The molecule has 0 spiro atoms. The van der Waals surface area contributed by atoms with Gasteiger partial charge < -0.3 is 10.6 Å². The third kappa shape index (κ3) is 2.94. The quantitative estimate of drug-likeness (QED) is 0.584. The molecule has 0 saturated carbocycles. The number of rotatable bonds is 4. The number of hydrogen-bond donors (Lipinski definition) is 2. The van der Waals surface area contributed by atoms with Gasteiger partial charge in [0, 0.05) is 32.7 Å². The average Bonchev–Trinajstić information content (AvgIpc) is 3.15. The van der Waals surface area contributed by atoms with Gasteiger partial charge in [0.1, 0.15) is 0 Å². The summed E-state index contributed by atoms with van der Waals surface area (Å²) >= 11 is 0. The van der Waals surface area contributed by atoms with E-state index in [9.17, 15) is 0 Å². The van der Waals surface area contributed by atoms with E-state index in [0.29, 0.717) is 11.8 Å². The summed E-state index contributed by atoms with van der Waals surface area (Å²) in [6.07, 6.45) is 7.18. The number of nitrogens with one attached hydrogen (secondary N) is 2. The van der Waals surface area contributed by atoms with Crippen LogP contribution >= 0.6 is 0 Å². The van der Waals surface area contributed by atoms with Crippen molar-refractivity contribution < 1.29 is 0 Å². The molecule has 0 aliphatic heterocycles. The van der Waals surface area contributed by atoms with Crippen LogP contribution < -0.4 is 10.6 Å². The van der Waals surface area contributed by atoms with Crippen molar-refractivity contribution in [1.29, 1.82) is 0 Å². The highest BCUT2D eigenvalue weighted by molar-refractivity contribution is 5.89.